The molecule has 33 heavy (non-hydrogen) atoms. The van der Waals surface area contributed by atoms with E-state index in [2.05, 4.69) is 22.1 Å². The number of pyridine rings is 2. The van der Waals surface area contributed by atoms with Gasteiger partial charge in [0.2, 0.25) is 0 Å². The largest absolute Gasteiger partial charge is 0.388 e. The number of hydrogen-bond donors (Lipinski definition) is 2. The molecular formula is C27H32N4O2. The zero-order valence-corrected chi connectivity index (χ0v) is 19.4. The maximum Gasteiger partial charge on any atom is 0.259 e. The Morgan fingerprint density at radius 1 is 1.12 bits per heavy atom. The van der Waals surface area contributed by atoms with Crippen LogP contribution in [0.4, 0.5) is 11.5 Å². The predicted octanol–water partition coefficient (Wildman–Crippen LogP) is 4.94. The fraction of sp³-hybridized carbons (Fsp3) is 0.370. The molecule has 1 aliphatic heterocycles. The lowest BCUT2D eigenvalue weighted by atomic mass is 9.99. The highest BCUT2D eigenvalue weighted by Gasteiger charge is 2.22. The zero-order chi connectivity index (χ0) is 23.2. The van der Waals surface area contributed by atoms with E-state index >= 15 is 0 Å². The van der Waals surface area contributed by atoms with Gasteiger partial charge in [0.25, 0.3) is 5.91 Å². The number of hydrogen-bond acceptors (Lipinski definition) is 5. The van der Waals surface area contributed by atoms with Gasteiger partial charge in [-0.2, -0.15) is 0 Å². The fourth-order valence-electron chi connectivity index (χ4n) is 4.17. The van der Waals surface area contributed by atoms with Crippen molar-refractivity contribution < 1.29 is 9.90 Å². The van der Waals surface area contributed by atoms with Gasteiger partial charge in [0.1, 0.15) is 5.82 Å². The van der Waals surface area contributed by atoms with Crippen molar-refractivity contribution in [2.75, 3.05) is 23.3 Å². The van der Waals surface area contributed by atoms with E-state index in [1.54, 1.807) is 6.20 Å². The summed E-state index contributed by atoms with van der Waals surface area (Å²) in [5.74, 6) is 1.31. The van der Waals surface area contributed by atoms with Crippen LogP contribution in [0.5, 0.6) is 0 Å². The van der Waals surface area contributed by atoms with Crippen LogP contribution in [-0.4, -0.2) is 34.1 Å². The number of amides is 1. The summed E-state index contributed by atoms with van der Waals surface area (Å²) in [6.07, 6.45) is 4.71. The smallest absolute Gasteiger partial charge is 0.259 e. The van der Waals surface area contributed by atoms with E-state index in [0.29, 0.717) is 30.0 Å². The lowest BCUT2D eigenvalue weighted by Gasteiger charge is -2.32. The van der Waals surface area contributed by atoms with Crippen molar-refractivity contribution in [1.29, 1.82) is 0 Å². The fourth-order valence-corrected chi connectivity index (χ4v) is 4.17. The van der Waals surface area contributed by atoms with E-state index in [4.69, 9.17) is 4.98 Å². The monoisotopic (exact) mass is 444 g/mol. The van der Waals surface area contributed by atoms with E-state index in [0.717, 1.165) is 48.7 Å². The van der Waals surface area contributed by atoms with Crippen molar-refractivity contribution in [1.82, 2.24) is 9.97 Å². The third-order valence-corrected chi connectivity index (χ3v) is 6.30. The number of carbonyl (C=O) groups excluding carboxylic acids is 1. The molecule has 0 radical (unpaired) electrons. The summed E-state index contributed by atoms with van der Waals surface area (Å²) in [5.41, 5.74) is 3.98. The van der Waals surface area contributed by atoms with Gasteiger partial charge in [0.05, 0.1) is 11.7 Å². The van der Waals surface area contributed by atoms with Crippen LogP contribution in [0.15, 0.2) is 60.8 Å². The second kappa shape index (κ2) is 10.6. The van der Waals surface area contributed by atoms with Gasteiger partial charge >= 0.3 is 0 Å². The topological polar surface area (TPSA) is 78.3 Å². The average Bonchev–Trinajstić information content (AvgIpc) is 2.84. The molecule has 3 heterocycles. The molecule has 1 saturated heterocycles. The Kier molecular flexibility index (Phi) is 7.35. The third kappa shape index (κ3) is 5.96. The maximum absolute atomic E-state index is 13.1. The minimum Gasteiger partial charge on any atom is -0.388 e. The highest BCUT2D eigenvalue weighted by Crippen LogP contribution is 2.26. The molecule has 0 saturated carbocycles. The molecule has 1 unspecified atom stereocenters. The molecule has 0 aliphatic carbocycles. The molecule has 1 aromatic carbocycles. The van der Waals surface area contributed by atoms with Crippen LogP contribution >= 0.6 is 0 Å². The highest BCUT2D eigenvalue weighted by atomic mass is 16.3. The molecule has 3 aromatic rings. The molecule has 6 heteroatoms. The van der Waals surface area contributed by atoms with Crippen molar-refractivity contribution in [2.24, 2.45) is 5.92 Å². The number of nitrogens with one attached hydrogen (secondary N) is 1. The summed E-state index contributed by atoms with van der Waals surface area (Å²) < 4.78 is 0. The van der Waals surface area contributed by atoms with Gasteiger partial charge in [-0.15, -0.1) is 0 Å². The van der Waals surface area contributed by atoms with Crippen LogP contribution in [-0.2, 0) is 6.42 Å². The van der Waals surface area contributed by atoms with E-state index < -0.39 is 6.10 Å². The average molecular weight is 445 g/mol. The molecule has 1 fully saturated rings. The van der Waals surface area contributed by atoms with E-state index in [9.17, 15) is 9.90 Å². The van der Waals surface area contributed by atoms with Gasteiger partial charge in [-0.1, -0.05) is 25.1 Å². The van der Waals surface area contributed by atoms with Crippen LogP contribution in [0.2, 0.25) is 0 Å². The minimum atomic E-state index is -0.578. The number of aliphatic hydroxyl groups is 1. The second-order valence-electron chi connectivity index (χ2n) is 8.95. The molecule has 1 amide bonds. The Morgan fingerprint density at radius 3 is 2.58 bits per heavy atom. The number of aromatic nitrogens is 2. The second-order valence-corrected chi connectivity index (χ2v) is 8.95. The van der Waals surface area contributed by atoms with Crippen molar-refractivity contribution in [3.63, 3.8) is 0 Å². The first-order chi connectivity index (χ1) is 16.0. The molecular weight excluding hydrogens is 412 g/mol. The lowest BCUT2D eigenvalue weighted by Crippen LogP contribution is -2.35. The van der Waals surface area contributed by atoms with Gasteiger partial charge in [0.15, 0.2) is 0 Å². The highest BCUT2D eigenvalue weighted by molar-refractivity contribution is 6.07. The number of rotatable bonds is 7. The van der Waals surface area contributed by atoms with Crippen molar-refractivity contribution >= 4 is 17.4 Å². The number of nitrogens with zero attached hydrogens (tertiary/aromatic N) is 3. The first-order valence-corrected chi connectivity index (χ1v) is 11.7. The number of aryl methyl sites for hydroxylation is 2. The van der Waals surface area contributed by atoms with Crippen molar-refractivity contribution in [2.45, 2.75) is 45.6 Å². The Balaban J connectivity index is 1.40. The molecule has 4 rings (SSSR count). The Labute approximate surface area is 195 Å². The van der Waals surface area contributed by atoms with Crippen LogP contribution in [0.3, 0.4) is 0 Å². The van der Waals surface area contributed by atoms with Crippen molar-refractivity contribution in [3.8, 4) is 0 Å². The van der Waals surface area contributed by atoms with Crippen LogP contribution in [0.25, 0.3) is 0 Å². The van der Waals surface area contributed by atoms with Gasteiger partial charge in [0, 0.05) is 36.4 Å². The van der Waals surface area contributed by atoms with Crippen LogP contribution in [0.1, 0.15) is 59.6 Å². The van der Waals surface area contributed by atoms with Crippen LogP contribution < -0.4 is 10.2 Å². The van der Waals surface area contributed by atoms with E-state index in [-0.39, 0.29) is 5.91 Å². The van der Waals surface area contributed by atoms with E-state index in [1.807, 2.05) is 61.5 Å². The van der Waals surface area contributed by atoms with Gasteiger partial charge in [-0.25, -0.2) is 4.98 Å². The summed E-state index contributed by atoms with van der Waals surface area (Å²) in [6, 6.07) is 16.9. The number of piperidine rings is 1. The molecule has 0 spiro atoms. The summed E-state index contributed by atoms with van der Waals surface area (Å²) in [5, 5.41) is 13.5. The SMILES string of the molecule is Cc1ccc(C(=O)Nc2ccc(C(O)CCc3ccccn3)cc2)c(N2CCC(C)CC2)n1. The molecule has 1 aliphatic rings. The lowest BCUT2D eigenvalue weighted by molar-refractivity contribution is 0.102. The van der Waals surface area contributed by atoms with E-state index in [1.165, 1.54) is 0 Å². The summed E-state index contributed by atoms with van der Waals surface area (Å²) in [6.45, 7) is 6.06. The maximum atomic E-state index is 13.1. The Hall–Kier alpha value is -3.25. The predicted molar refractivity (Wildman–Crippen MR) is 131 cm³/mol. The van der Waals surface area contributed by atoms with Crippen molar-refractivity contribution in [3.05, 3.63) is 83.3 Å². The molecule has 2 aromatic heterocycles. The van der Waals surface area contributed by atoms with Gasteiger partial charge in [-0.05, 0) is 80.5 Å². The minimum absolute atomic E-state index is 0.167. The van der Waals surface area contributed by atoms with Crippen LogP contribution in [0, 0.1) is 12.8 Å². The number of carbonyl (C=O) groups is 1. The summed E-state index contributed by atoms with van der Waals surface area (Å²) >= 11 is 0. The molecule has 6 nitrogen and oxygen atoms in total. The van der Waals surface area contributed by atoms with Gasteiger partial charge < -0.3 is 15.3 Å². The number of anilines is 2. The number of aliphatic hydroxyl groups excluding tert-OH is 1. The standard InChI is InChI=1S/C27H32N4O2/c1-19-14-17-31(18-15-19)26-24(12-6-20(2)29-26)27(33)30-23-9-7-21(8-10-23)25(32)13-11-22-5-3-4-16-28-22/h3-10,12,16,19,25,32H,11,13-15,17-18H2,1-2H3,(H,30,33). The Bertz CT molecular complexity index is 1060. The number of benzene rings is 1. The molecule has 1 atom stereocenters. The first-order valence-electron chi connectivity index (χ1n) is 11.7. The summed E-state index contributed by atoms with van der Waals surface area (Å²) in [4.78, 5) is 24.3. The quantitative estimate of drug-likeness (QED) is 0.540. The van der Waals surface area contributed by atoms with Gasteiger partial charge in [-0.3, -0.25) is 9.78 Å². The Morgan fingerprint density at radius 2 is 1.88 bits per heavy atom. The molecule has 172 valence electrons. The molecule has 2 N–H and O–H groups in total. The summed E-state index contributed by atoms with van der Waals surface area (Å²) in [7, 11) is 0. The zero-order valence-electron chi connectivity index (χ0n) is 19.4. The molecule has 0 bridgehead atoms. The third-order valence-electron chi connectivity index (χ3n) is 6.30. The normalized spacial score (nSPS) is 15.3. The first kappa shape index (κ1) is 22.9.